The third kappa shape index (κ3) is 5.30. The van der Waals surface area contributed by atoms with E-state index in [1.807, 2.05) is 13.8 Å². The quantitative estimate of drug-likeness (QED) is 0.668. The summed E-state index contributed by atoms with van der Waals surface area (Å²) in [5, 5.41) is 10.4. The first-order chi connectivity index (χ1) is 9.62. The molecule has 122 valence electrons. The molecule has 1 amide bonds. The predicted molar refractivity (Wildman–Crippen MR) is 79.7 cm³/mol. The number of sulfone groups is 1. The van der Waals surface area contributed by atoms with E-state index >= 15 is 0 Å². The van der Waals surface area contributed by atoms with E-state index in [9.17, 15) is 18.0 Å². The molecule has 1 aliphatic rings. The molecule has 0 aliphatic heterocycles. The van der Waals surface area contributed by atoms with Crippen molar-refractivity contribution in [2.45, 2.75) is 64.2 Å². The van der Waals surface area contributed by atoms with Gasteiger partial charge in [-0.3, -0.25) is 9.59 Å². The molecule has 0 aromatic carbocycles. The van der Waals surface area contributed by atoms with E-state index in [1.54, 1.807) is 0 Å². The van der Waals surface area contributed by atoms with Crippen molar-refractivity contribution in [1.82, 2.24) is 5.32 Å². The molecule has 0 spiro atoms. The number of carbonyl (C=O) groups excluding carboxylic acids is 1. The molecule has 0 radical (unpaired) electrons. The van der Waals surface area contributed by atoms with Crippen LogP contribution in [0.25, 0.3) is 0 Å². The highest BCUT2D eigenvalue weighted by atomic mass is 32.2. The lowest BCUT2D eigenvalue weighted by Gasteiger charge is -2.20. The van der Waals surface area contributed by atoms with Crippen LogP contribution in [-0.4, -0.2) is 42.4 Å². The van der Waals surface area contributed by atoms with Crippen molar-refractivity contribution < 1.29 is 23.1 Å². The van der Waals surface area contributed by atoms with Crippen molar-refractivity contribution in [1.29, 1.82) is 0 Å². The fourth-order valence-corrected chi connectivity index (χ4v) is 4.34. The summed E-state index contributed by atoms with van der Waals surface area (Å²) in [5.74, 6) is -1.71. The summed E-state index contributed by atoms with van der Waals surface area (Å²) in [6.45, 7) is 5.21. The molecule has 21 heavy (non-hydrogen) atoms. The fourth-order valence-electron chi connectivity index (χ4n) is 2.45. The van der Waals surface area contributed by atoms with Gasteiger partial charge in [-0.25, -0.2) is 8.42 Å². The lowest BCUT2D eigenvalue weighted by atomic mass is 10.1. The highest BCUT2D eigenvalue weighted by Gasteiger charge is 2.49. The Balaban J connectivity index is 2.65. The lowest BCUT2D eigenvalue weighted by molar-refractivity contribution is -0.138. The normalized spacial score (nSPS) is 19.6. The third-order valence-electron chi connectivity index (χ3n) is 4.01. The van der Waals surface area contributed by atoms with Crippen LogP contribution in [0.1, 0.15) is 52.9 Å². The Kier molecular flexibility index (Phi) is 5.78. The predicted octanol–water partition coefficient (Wildman–Crippen LogP) is 1.35. The van der Waals surface area contributed by atoms with Crippen molar-refractivity contribution in [3.05, 3.63) is 0 Å². The summed E-state index contributed by atoms with van der Waals surface area (Å²) in [6, 6.07) is -0.0611. The average molecular weight is 319 g/mol. The van der Waals surface area contributed by atoms with E-state index in [-0.39, 0.29) is 18.2 Å². The Morgan fingerprint density at radius 3 is 2.29 bits per heavy atom. The number of nitrogens with one attached hydrogen (secondary N) is 1. The summed E-state index contributed by atoms with van der Waals surface area (Å²) in [6.07, 6.45) is 2.75. The van der Waals surface area contributed by atoms with Crippen LogP contribution in [0.4, 0.5) is 0 Å². The molecule has 2 N–H and O–H groups in total. The number of carboxylic acids is 1. The average Bonchev–Trinajstić information content (AvgIpc) is 3.05. The molecule has 2 unspecified atom stereocenters. The maximum Gasteiger partial charge on any atom is 0.303 e. The van der Waals surface area contributed by atoms with E-state index in [0.29, 0.717) is 12.8 Å². The number of hydrogen-bond donors (Lipinski definition) is 2. The number of rotatable bonds is 9. The molecule has 6 nitrogen and oxygen atoms in total. The first-order valence-corrected chi connectivity index (χ1v) is 9.07. The van der Waals surface area contributed by atoms with Crippen molar-refractivity contribution in [3.63, 3.8) is 0 Å². The summed E-state index contributed by atoms with van der Waals surface area (Å²) >= 11 is 0. The van der Waals surface area contributed by atoms with Crippen LogP contribution in [0, 0.1) is 5.41 Å². The van der Waals surface area contributed by atoms with Crippen LogP contribution >= 0.6 is 0 Å². The van der Waals surface area contributed by atoms with Gasteiger partial charge in [0.2, 0.25) is 5.91 Å². The summed E-state index contributed by atoms with van der Waals surface area (Å²) in [5.41, 5.74) is -0.658. The molecule has 1 fully saturated rings. The van der Waals surface area contributed by atoms with Crippen molar-refractivity contribution in [2.75, 3.05) is 5.75 Å². The molecular weight excluding hydrogens is 294 g/mol. The highest BCUT2D eigenvalue weighted by molar-refractivity contribution is 7.92. The van der Waals surface area contributed by atoms with Gasteiger partial charge in [0.05, 0.1) is 12.2 Å². The van der Waals surface area contributed by atoms with E-state index < -0.39 is 32.4 Å². The van der Waals surface area contributed by atoms with Gasteiger partial charge in [0, 0.05) is 6.04 Å². The summed E-state index contributed by atoms with van der Waals surface area (Å²) in [4.78, 5) is 22.8. The largest absolute Gasteiger partial charge is 0.481 e. The summed E-state index contributed by atoms with van der Waals surface area (Å²) < 4.78 is 24.6. The van der Waals surface area contributed by atoms with Crippen LogP contribution in [-0.2, 0) is 19.4 Å². The SMILES string of the molecule is CCCC(C)NC(=O)C(C)S(=O)(=O)CC1(CC(=O)O)CC1. The molecule has 0 saturated heterocycles. The molecule has 1 rings (SSSR count). The zero-order chi connectivity index (χ0) is 16.3. The minimum Gasteiger partial charge on any atom is -0.481 e. The summed E-state index contributed by atoms with van der Waals surface area (Å²) in [7, 11) is -3.64. The second-order valence-corrected chi connectivity index (χ2v) is 8.54. The van der Waals surface area contributed by atoms with E-state index in [1.165, 1.54) is 6.92 Å². The first-order valence-electron chi connectivity index (χ1n) is 7.35. The van der Waals surface area contributed by atoms with Gasteiger partial charge in [-0.2, -0.15) is 0 Å². The molecule has 1 aliphatic carbocycles. The van der Waals surface area contributed by atoms with Crippen LogP contribution in [0.15, 0.2) is 0 Å². The number of hydrogen-bond acceptors (Lipinski definition) is 4. The molecule has 0 bridgehead atoms. The fraction of sp³-hybridized carbons (Fsp3) is 0.857. The Morgan fingerprint density at radius 1 is 1.29 bits per heavy atom. The molecule has 1 saturated carbocycles. The number of amides is 1. The monoisotopic (exact) mass is 319 g/mol. The van der Waals surface area contributed by atoms with E-state index in [4.69, 9.17) is 5.11 Å². The molecular formula is C14H25NO5S. The van der Waals surface area contributed by atoms with Gasteiger partial charge in [0.15, 0.2) is 9.84 Å². The van der Waals surface area contributed by atoms with E-state index in [0.717, 1.165) is 12.8 Å². The van der Waals surface area contributed by atoms with E-state index in [2.05, 4.69) is 5.32 Å². The van der Waals surface area contributed by atoms with Gasteiger partial charge in [-0.05, 0) is 38.5 Å². The third-order valence-corrected chi connectivity index (χ3v) is 6.32. The standard InChI is InChI=1S/C14H25NO5S/c1-4-5-10(2)15-13(18)11(3)21(19,20)9-14(6-7-14)8-12(16)17/h10-11H,4-9H2,1-3H3,(H,15,18)(H,16,17). The maximum absolute atomic E-state index is 12.3. The van der Waals surface area contributed by atoms with Crippen LogP contribution in [0.3, 0.4) is 0 Å². The van der Waals surface area contributed by atoms with Crippen molar-refractivity contribution in [2.24, 2.45) is 5.41 Å². The van der Waals surface area contributed by atoms with Gasteiger partial charge in [-0.15, -0.1) is 0 Å². The Bertz CT molecular complexity index is 495. The topological polar surface area (TPSA) is 101 Å². The Morgan fingerprint density at radius 2 is 1.86 bits per heavy atom. The van der Waals surface area contributed by atoms with Crippen molar-refractivity contribution in [3.8, 4) is 0 Å². The maximum atomic E-state index is 12.3. The molecule has 0 aromatic heterocycles. The lowest BCUT2D eigenvalue weighted by Crippen LogP contribution is -2.43. The molecule has 2 atom stereocenters. The minimum atomic E-state index is -3.64. The molecule has 0 heterocycles. The Labute approximate surface area is 126 Å². The number of carbonyl (C=O) groups is 2. The number of carboxylic acid groups (broad SMARTS) is 1. The smallest absolute Gasteiger partial charge is 0.303 e. The van der Waals surface area contributed by atoms with Gasteiger partial charge >= 0.3 is 5.97 Å². The van der Waals surface area contributed by atoms with Gasteiger partial charge in [-0.1, -0.05) is 13.3 Å². The Hall–Kier alpha value is -1.11. The van der Waals surface area contributed by atoms with Crippen molar-refractivity contribution >= 4 is 21.7 Å². The second-order valence-electron chi connectivity index (χ2n) is 6.22. The van der Waals surface area contributed by atoms with Gasteiger partial charge in [0.1, 0.15) is 5.25 Å². The number of aliphatic carboxylic acids is 1. The molecule has 7 heteroatoms. The first kappa shape index (κ1) is 17.9. The van der Waals surface area contributed by atoms with Gasteiger partial charge in [0.25, 0.3) is 0 Å². The minimum absolute atomic E-state index is 0.0611. The van der Waals surface area contributed by atoms with Gasteiger partial charge < -0.3 is 10.4 Å². The van der Waals surface area contributed by atoms with Crippen LogP contribution in [0.5, 0.6) is 0 Å². The zero-order valence-electron chi connectivity index (χ0n) is 12.9. The zero-order valence-corrected chi connectivity index (χ0v) is 13.7. The second kappa shape index (κ2) is 6.77. The van der Waals surface area contributed by atoms with Crippen LogP contribution in [0.2, 0.25) is 0 Å². The van der Waals surface area contributed by atoms with Crippen LogP contribution < -0.4 is 5.32 Å². The highest BCUT2D eigenvalue weighted by Crippen LogP contribution is 2.50. The molecule has 0 aromatic rings.